The van der Waals surface area contributed by atoms with E-state index < -0.39 is 10.2 Å². The van der Waals surface area contributed by atoms with Crippen molar-refractivity contribution in [2.45, 2.75) is 19.8 Å². The van der Waals surface area contributed by atoms with E-state index in [0.29, 0.717) is 19.5 Å². The molecule has 3 aromatic rings. The van der Waals surface area contributed by atoms with E-state index in [1.54, 1.807) is 11.4 Å². The number of nitrogens with zero attached hydrogens (tertiary/aromatic N) is 3. The fraction of sp³-hybridized carbons (Fsp3) is 0.400. The number of benzene rings is 2. The first-order chi connectivity index (χ1) is 16.5. The predicted octanol–water partition coefficient (Wildman–Crippen LogP) is 3.16. The van der Waals surface area contributed by atoms with E-state index in [1.807, 2.05) is 54.6 Å². The summed E-state index contributed by atoms with van der Waals surface area (Å²) in [5.74, 6) is 1.54. The van der Waals surface area contributed by atoms with Crippen molar-refractivity contribution in [1.29, 1.82) is 0 Å². The van der Waals surface area contributed by atoms with E-state index in [1.165, 1.54) is 0 Å². The highest BCUT2D eigenvalue weighted by Gasteiger charge is 2.26. The van der Waals surface area contributed by atoms with Crippen LogP contribution in [-0.2, 0) is 16.6 Å². The first-order valence-electron chi connectivity index (χ1n) is 11.8. The molecule has 1 aliphatic rings. The fourth-order valence-electron chi connectivity index (χ4n) is 4.22. The molecule has 0 atom stereocenters. The molecule has 9 heteroatoms. The molecular formula is C25H33N5O3S. The lowest BCUT2D eigenvalue weighted by atomic mass is 10.1. The Bertz CT molecular complexity index is 1160. The Labute approximate surface area is 202 Å². The second kappa shape index (κ2) is 11.1. The lowest BCUT2D eigenvalue weighted by Gasteiger charge is -2.33. The Morgan fingerprint density at radius 3 is 2.35 bits per heavy atom. The van der Waals surface area contributed by atoms with Gasteiger partial charge in [0.15, 0.2) is 0 Å². The van der Waals surface area contributed by atoms with Gasteiger partial charge in [-0.1, -0.05) is 37.3 Å². The highest BCUT2D eigenvalue weighted by Crippen LogP contribution is 2.28. The molecular weight excluding hydrogens is 450 g/mol. The number of imidazole rings is 1. The monoisotopic (exact) mass is 483 g/mol. The van der Waals surface area contributed by atoms with E-state index in [2.05, 4.69) is 21.5 Å². The van der Waals surface area contributed by atoms with Gasteiger partial charge in [-0.3, -0.25) is 0 Å². The minimum atomic E-state index is -3.52. The maximum absolute atomic E-state index is 12.8. The van der Waals surface area contributed by atoms with Gasteiger partial charge in [0.1, 0.15) is 11.6 Å². The van der Waals surface area contributed by atoms with Crippen molar-refractivity contribution < 1.29 is 13.2 Å². The average Bonchev–Trinajstić information content (AvgIpc) is 3.29. The van der Waals surface area contributed by atoms with Gasteiger partial charge < -0.3 is 14.6 Å². The molecule has 182 valence electrons. The zero-order valence-corrected chi connectivity index (χ0v) is 20.6. The molecule has 0 unspecified atom stereocenters. The van der Waals surface area contributed by atoms with Gasteiger partial charge in [0, 0.05) is 50.3 Å². The van der Waals surface area contributed by atoms with Gasteiger partial charge in [0.2, 0.25) is 0 Å². The van der Waals surface area contributed by atoms with Gasteiger partial charge in [-0.05, 0) is 37.2 Å². The number of aromatic nitrogens is 2. The molecule has 0 aliphatic carbocycles. The number of hydrogen-bond acceptors (Lipinski definition) is 5. The van der Waals surface area contributed by atoms with E-state index in [0.717, 1.165) is 60.1 Å². The predicted molar refractivity (Wildman–Crippen MR) is 135 cm³/mol. The van der Waals surface area contributed by atoms with Crippen molar-refractivity contribution in [1.82, 2.24) is 23.9 Å². The maximum atomic E-state index is 12.8. The molecule has 1 aromatic heterocycles. The molecule has 0 radical (unpaired) electrons. The minimum absolute atomic E-state index is 0.278. The Morgan fingerprint density at radius 2 is 1.71 bits per heavy atom. The molecule has 2 N–H and O–H groups in total. The summed E-state index contributed by atoms with van der Waals surface area (Å²) >= 11 is 0. The normalized spacial score (nSPS) is 15.5. The van der Waals surface area contributed by atoms with Crippen LogP contribution < -0.4 is 9.46 Å². The molecule has 2 aromatic carbocycles. The minimum Gasteiger partial charge on any atom is -0.497 e. The molecule has 0 saturated carbocycles. The molecule has 1 fully saturated rings. The number of piperazine rings is 1. The number of methoxy groups -OCH3 is 1. The number of nitrogens with one attached hydrogen (secondary N) is 2. The number of aromatic amines is 1. The van der Waals surface area contributed by atoms with E-state index in [-0.39, 0.29) is 6.54 Å². The highest BCUT2D eigenvalue weighted by atomic mass is 32.2. The Morgan fingerprint density at radius 1 is 1.00 bits per heavy atom. The summed E-state index contributed by atoms with van der Waals surface area (Å²) in [4.78, 5) is 10.6. The van der Waals surface area contributed by atoms with Gasteiger partial charge in [0.05, 0.1) is 18.5 Å². The first kappa shape index (κ1) is 24.4. The van der Waals surface area contributed by atoms with Crippen molar-refractivity contribution in [3.63, 3.8) is 0 Å². The largest absolute Gasteiger partial charge is 0.497 e. The van der Waals surface area contributed by atoms with Crippen molar-refractivity contribution >= 4 is 10.2 Å². The molecule has 0 bridgehead atoms. The van der Waals surface area contributed by atoms with Crippen LogP contribution in [0.5, 0.6) is 5.75 Å². The van der Waals surface area contributed by atoms with Crippen LogP contribution in [0.25, 0.3) is 22.6 Å². The lowest BCUT2D eigenvalue weighted by molar-refractivity contribution is 0.187. The molecule has 34 heavy (non-hydrogen) atoms. The standard InChI is InChI=1S/C25H33N5O3S/c1-3-15-29-16-18-30(19-17-29)34(31,32)26-14-13-23-24(20-9-11-22(33-2)12-10-20)28-25(27-23)21-7-5-4-6-8-21/h4-12,26H,3,13-19H2,1-2H3,(H,27,28). The second-order valence-electron chi connectivity index (χ2n) is 8.39. The second-order valence-corrected chi connectivity index (χ2v) is 10.1. The topological polar surface area (TPSA) is 90.6 Å². The third-order valence-electron chi connectivity index (χ3n) is 6.06. The summed E-state index contributed by atoms with van der Waals surface area (Å²) < 4.78 is 35.3. The summed E-state index contributed by atoms with van der Waals surface area (Å²) in [5, 5.41) is 0. The van der Waals surface area contributed by atoms with Crippen LogP contribution in [0.3, 0.4) is 0 Å². The molecule has 1 saturated heterocycles. The van der Waals surface area contributed by atoms with Crippen LogP contribution in [-0.4, -0.2) is 74.0 Å². The Hall–Kier alpha value is -2.72. The SMILES string of the molecule is CCCN1CCN(S(=O)(=O)NCCc2nc(-c3ccccc3)[nH]c2-c2ccc(OC)cc2)CC1. The van der Waals surface area contributed by atoms with Crippen molar-refractivity contribution in [3.8, 4) is 28.4 Å². The zero-order valence-electron chi connectivity index (χ0n) is 19.8. The Kier molecular flexibility index (Phi) is 7.99. The third-order valence-corrected chi connectivity index (χ3v) is 7.68. The quantitative estimate of drug-likeness (QED) is 0.462. The van der Waals surface area contributed by atoms with Gasteiger partial charge in [-0.15, -0.1) is 0 Å². The number of hydrogen-bond donors (Lipinski definition) is 2. The van der Waals surface area contributed by atoms with Crippen molar-refractivity contribution in [2.75, 3.05) is 46.4 Å². The van der Waals surface area contributed by atoms with Crippen LogP contribution in [0.1, 0.15) is 19.0 Å². The molecule has 0 spiro atoms. The zero-order chi connectivity index (χ0) is 24.0. The van der Waals surface area contributed by atoms with Gasteiger partial charge in [0.25, 0.3) is 10.2 Å². The van der Waals surface area contributed by atoms with E-state index >= 15 is 0 Å². The van der Waals surface area contributed by atoms with Crippen LogP contribution in [0.4, 0.5) is 0 Å². The number of rotatable bonds is 10. The van der Waals surface area contributed by atoms with E-state index in [4.69, 9.17) is 9.72 Å². The molecule has 8 nitrogen and oxygen atoms in total. The van der Waals surface area contributed by atoms with Crippen LogP contribution in [0.15, 0.2) is 54.6 Å². The summed E-state index contributed by atoms with van der Waals surface area (Å²) in [5.41, 5.74) is 3.66. The molecule has 4 rings (SSSR count). The van der Waals surface area contributed by atoms with Crippen LogP contribution in [0, 0.1) is 0 Å². The van der Waals surface area contributed by atoms with Crippen molar-refractivity contribution in [2.24, 2.45) is 0 Å². The van der Waals surface area contributed by atoms with Crippen molar-refractivity contribution in [3.05, 3.63) is 60.3 Å². The average molecular weight is 484 g/mol. The highest BCUT2D eigenvalue weighted by molar-refractivity contribution is 7.87. The molecule has 2 heterocycles. The number of H-pyrrole nitrogens is 1. The smallest absolute Gasteiger partial charge is 0.279 e. The van der Waals surface area contributed by atoms with E-state index in [9.17, 15) is 8.42 Å². The van der Waals surface area contributed by atoms with Gasteiger partial charge in [-0.25, -0.2) is 9.71 Å². The third kappa shape index (κ3) is 5.85. The van der Waals surface area contributed by atoms with Crippen LogP contribution in [0.2, 0.25) is 0 Å². The summed E-state index contributed by atoms with van der Waals surface area (Å²) in [6.45, 7) is 6.02. The summed E-state index contributed by atoms with van der Waals surface area (Å²) in [6.07, 6.45) is 1.55. The summed E-state index contributed by atoms with van der Waals surface area (Å²) in [7, 11) is -1.88. The molecule has 0 amide bonds. The van der Waals surface area contributed by atoms with Gasteiger partial charge in [-0.2, -0.15) is 12.7 Å². The lowest BCUT2D eigenvalue weighted by Crippen LogP contribution is -2.52. The van der Waals surface area contributed by atoms with Crippen LogP contribution >= 0.6 is 0 Å². The number of ether oxygens (including phenoxy) is 1. The first-order valence-corrected chi connectivity index (χ1v) is 13.2. The van der Waals surface area contributed by atoms with Gasteiger partial charge >= 0.3 is 0 Å². The molecule has 1 aliphatic heterocycles. The summed E-state index contributed by atoms with van der Waals surface area (Å²) in [6, 6.07) is 17.7. The maximum Gasteiger partial charge on any atom is 0.279 e. The Balaban J connectivity index is 1.47. The fourth-order valence-corrected chi connectivity index (χ4v) is 5.41.